The highest BCUT2D eigenvalue weighted by Gasteiger charge is 2.23. The Morgan fingerprint density at radius 1 is 0.900 bits per heavy atom. The molecule has 2 aromatic heterocycles. The molecular weight excluding hydrogens is 400 g/mol. The summed E-state index contributed by atoms with van der Waals surface area (Å²) in [6, 6.07) is 18.4. The molecule has 1 fully saturated rings. The summed E-state index contributed by atoms with van der Waals surface area (Å²) in [5, 5.41) is 1.25. The minimum atomic E-state index is -0.169. The van der Waals surface area contributed by atoms with Crippen molar-refractivity contribution in [1.82, 2.24) is 14.3 Å². The van der Waals surface area contributed by atoms with Gasteiger partial charge in [-0.2, -0.15) is 0 Å². The Hall–Kier alpha value is -3.38. The molecule has 0 aliphatic carbocycles. The van der Waals surface area contributed by atoms with Gasteiger partial charge in [0.25, 0.3) is 11.5 Å². The zero-order valence-corrected chi connectivity index (χ0v) is 16.9. The molecule has 0 spiro atoms. The van der Waals surface area contributed by atoms with E-state index in [1.54, 1.807) is 24.4 Å². The summed E-state index contributed by atoms with van der Waals surface area (Å²) in [7, 11) is 0. The van der Waals surface area contributed by atoms with E-state index in [4.69, 9.17) is 11.6 Å². The van der Waals surface area contributed by atoms with Gasteiger partial charge in [0.1, 0.15) is 5.65 Å². The van der Waals surface area contributed by atoms with E-state index in [9.17, 15) is 9.59 Å². The van der Waals surface area contributed by atoms with Crippen molar-refractivity contribution < 1.29 is 4.79 Å². The SMILES string of the molecule is O=C(c1ccc2nc3ccccc3c(=O)n2c1)N1CCN(c2ccc(Cl)cc2)CC1. The number of anilines is 1. The van der Waals surface area contributed by atoms with Crippen LogP contribution in [0.3, 0.4) is 0 Å². The fourth-order valence-electron chi connectivity index (χ4n) is 3.88. The van der Waals surface area contributed by atoms with E-state index in [0.717, 1.165) is 18.8 Å². The molecule has 0 unspecified atom stereocenters. The van der Waals surface area contributed by atoms with Crippen molar-refractivity contribution in [3.63, 3.8) is 0 Å². The number of amides is 1. The van der Waals surface area contributed by atoms with Crippen LogP contribution < -0.4 is 10.5 Å². The van der Waals surface area contributed by atoms with Crippen LogP contribution in [-0.2, 0) is 0 Å². The second-order valence-electron chi connectivity index (χ2n) is 7.34. The normalized spacial score (nSPS) is 14.4. The molecule has 30 heavy (non-hydrogen) atoms. The summed E-state index contributed by atoms with van der Waals surface area (Å²) in [4.78, 5) is 34.5. The minimum Gasteiger partial charge on any atom is -0.368 e. The molecule has 1 saturated heterocycles. The second kappa shape index (κ2) is 7.46. The molecule has 7 heteroatoms. The van der Waals surface area contributed by atoms with E-state index in [0.29, 0.717) is 40.2 Å². The first kappa shape index (κ1) is 18.6. The molecule has 3 heterocycles. The van der Waals surface area contributed by atoms with Crippen molar-refractivity contribution in [3.8, 4) is 0 Å². The molecule has 1 amide bonds. The number of hydrogen-bond acceptors (Lipinski definition) is 4. The number of carbonyl (C=O) groups is 1. The maximum atomic E-state index is 13.1. The van der Waals surface area contributed by atoms with E-state index in [2.05, 4.69) is 9.88 Å². The molecule has 0 bridgehead atoms. The number of piperazine rings is 1. The fourth-order valence-corrected chi connectivity index (χ4v) is 4.01. The van der Waals surface area contributed by atoms with E-state index >= 15 is 0 Å². The number of carbonyl (C=O) groups excluding carboxylic acids is 1. The van der Waals surface area contributed by atoms with Crippen molar-refractivity contribution in [2.45, 2.75) is 0 Å². The summed E-state index contributed by atoms with van der Waals surface area (Å²) in [5.74, 6) is -0.0762. The van der Waals surface area contributed by atoms with Gasteiger partial charge in [-0.25, -0.2) is 4.98 Å². The van der Waals surface area contributed by atoms with E-state index < -0.39 is 0 Å². The molecule has 150 valence electrons. The van der Waals surface area contributed by atoms with Crippen molar-refractivity contribution >= 4 is 39.7 Å². The number of rotatable bonds is 2. The second-order valence-corrected chi connectivity index (χ2v) is 7.77. The molecule has 0 radical (unpaired) electrons. The van der Waals surface area contributed by atoms with Crippen LogP contribution in [0, 0.1) is 0 Å². The van der Waals surface area contributed by atoms with Gasteiger partial charge in [0.05, 0.1) is 16.5 Å². The average Bonchev–Trinajstić information content (AvgIpc) is 2.79. The molecule has 0 saturated carbocycles. The lowest BCUT2D eigenvalue weighted by molar-refractivity contribution is 0.0746. The van der Waals surface area contributed by atoms with Crippen LogP contribution in [0.15, 0.2) is 71.7 Å². The standard InChI is InChI=1S/C23H19ClN4O2/c24-17-6-8-18(9-7-17)26-11-13-27(14-12-26)22(29)16-5-10-21-25-20-4-2-1-3-19(20)23(30)28(21)15-16/h1-10,15H,11-14H2. The van der Waals surface area contributed by atoms with E-state index in [1.807, 2.05) is 47.4 Å². The highest BCUT2D eigenvalue weighted by Crippen LogP contribution is 2.20. The monoisotopic (exact) mass is 418 g/mol. The Morgan fingerprint density at radius 3 is 2.40 bits per heavy atom. The first-order valence-corrected chi connectivity index (χ1v) is 10.2. The number of para-hydroxylation sites is 1. The summed E-state index contributed by atoms with van der Waals surface area (Å²) in [5.41, 5.74) is 2.60. The molecule has 1 aliphatic rings. The Labute approximate surface area is 177 Å². The molecular formula is C23H19ClN4O2. The summed E-state index contributed by atoms with van der Waals surface area (Å²) in [6.07, 6.45) is 1.60. The van der Waals surface area contributed by atoms with Crippen LogP contribution >= 0.6 is 11.6 Å². The van der Waals surface area contributed by atoms with Crippen LogP contribution in [0.4, 0.5) is 5.69 Å². The number of pyridine rings is 1. The number of hydrogen-bond donors (Lipinski definition) is 0. The van der Waals surface area contributed by atoms with Gasteiger partial charge in [-0.3, -0.25) is 14.0 Å². The number of aromatic nitrogens is 2. The van der Waals surface area contributed by atoms with Gasteiger partial charge >= 0.3 is 0 Å². The van der Waals surface area contributed by atoms with Gasteiger partial charge in [0, 0.05) is 43.1 Å². The molecule has 5 rings (SSSR count). The predicted molar refractivity (Wildman–Crippen MR) is 119 cm³/mol. The van der Waals surface area contributed by atoms with Crippen molar-refractivity contribution in [3.05, 3.63) is 87.8 Å². The first-order valence-electron chi connectivity index (χ1n) is 9.81. The Balaban J connectivity index is 1.38. The van der Waals surface area contributed by atoms with Crippen molar-refractivity contribution in [2.24, 2.45) is 0 Å². The minimum absolute atomic E-state index is 0.0762. The number of fused-ring (bicyclic) bond motifs is 2. The molecule has 1 aliphatic heterocycles. The summed E-state index contributed by atoms with van der Waals surface area (Å²) >= 11 is 5.97. The maximum absolute atomic E-state index is 13.1. The topological polar surface area (TPSA) is 57.9 Å². The summed E-state index contributed by atoms with van der Waals surface area (Å²) < 4.78 is 1.46. The zero-order valence-electron chi connectivity index (χ0n) is 16.2. The molecule has 0 N–H and O–H groups in total. The lowest BCUT2D eigenvalue weighted by atomic mass is 10.2. The van der Waals surface area contributed by atoms with Gasteiger partial charge in [-0.05, 0) is 48.5 Å². The smallest absolute Gasteiger partial charge is 0.265 e. The van der Waals surface area contributed by atoms with E-state index in [1.165, 1.54) is 4.40 Å². The highest BCUT2D eigenvalue weighted by atomic mass is 35.5. The number of halogens is 1. The quantitative estimate of drug-likeness (QED) is 0.468. The van der Waals surface area contributed by atoms with Crippen molar-refractivity contribution in [2.75, 3.05) is 31.1 Å². The van der Waals surface area contributed by atoms with Crippen LogP contribution in [-0.4, -0.2) is 46.4 Å². The van der Waals surface area contributed by atoms with Gasteiger partial charge < -0.3 is 9.80 Å². The van der Waals surface area contributed by atoms with Crippen LogP contribution in [0.1, 0.15) is 10.4 Å². The molecule has 6 nitrogen and oxygen atoms in total. The lowest BCUT2D eigenvalue weighted by Crippen LogP contribution is -2.48. The Kier molecular flexibility index (Phi) is 4.64. The fraction of sp³-hybridized carbons (Fsp3) is 0.174. The van der Waals surface area contributed by atoms with Gasteiger partial charge in [-0.15, -0.1) is 0 Å². The van der Waals surface area contributed by atoms with Gasteiger partial charge in [0.15, 0.2) is 0 Å². The first-order chi connectivity index (χ1) is 14.6. The Morgan fingerprint density at radius 2 is 1.63 bits per heavy atom. The number of nitrogens with zero attached hydrogens (tertiary/aromatic N) is 4. The van der Waals surface area contributed by atoms with Crippen LogP contribution in [0.25, 0.3) is 16.6 Å². The van der Waals surface area contributed by atoms with E-state index in [-0.39, 0.29) is 11.5 Å². The molecule has 2 aromatic carbocycles. The molecule has 0 atom stereocenters. The van der Waals surface area contributed by atoms with Crippen LogP contribution in [0.2, 0.25) is 5.02 Å². The van der Waals surface area contributed by atoms with Crippen molar-refractivity contribution in [1.29, 1.82) is 0 Å². The number of benzene rings is 2. The third kappa shape index (κ3) is 3.29. The Bertz CT molecular complexity index is 1310. The summed E-state index contributed by atoms with van der Waals surface area (Å²) in [6.45, 7) is 2.72. The highest BCUT2D eigenvalue weighted by molar-refractivity contribution is 6.30. The third-order valence-electron chi connectivity index (χ3n) is 5.52. The third-order valence-corrected chi connectivity index (χ3v) is 5.77. The van der Waals surface area contributed by atoms with Gasteiger partial charge in [-0.1, -0.05) is 23.7 Å². The van der Waals surface area contributed by atoms with Gasteiger partial charge in [0.2, 0.25) is 0 Å². The zero-order chi connectivity index (χ0) is 20.7. The largest absolute Gasteiger partial charge is 0.368 e. The maximum Gasteiger partial charge on any atom is 0.265 e. The lowest BCUT2D eigenvalue weighted by Gasteiger charge is -2.36. The molecule has 4 aromatic rings. The predicted octanol–water partition coefficient (Wildman–Crippen LogP) is 3.46. The average molecular weight is 419 g/mol. The van der Waals surface area contributed by atoms with Crippen LogP contribution in [0.5, 0.6) is 0 Å².